The molecule has 1 N–H and O–H groups in total. The first kappa shape index (κ1) is 12.6. The number of halogens is 1. The lowest BCUT2D eigenvalue weighted by Gasteiger charge is -2.13. The lowest BCUT2D eigenvalue weighted by Crippen LogP contribution is -2.26. The average Bonchev–Trinajstić information content (AvgIpc) is 2.76. The second-order valence-corrected chi connectivity index (χ2v) is 4.48. The molecule has 1 aromatic carbocycles. The second-order valence-electron chi connectivity index (χ2n) is 4.04. The maximum absolute atomic E-state index is 11.9. The van der Waals surface area contributed by atoms with E-state index in [4.69, 9.17) is 16.1 Å². The highest BCUT2D eigenvalue weighted by Crippen LogP contribution is 2.17. The number of rotatable bonds is 3. The first-order valence-electron chi connectivity index (χ1n) is 5.55. The van der Waals surface area contributed by atoms with Gasteiger partial charge >= 0.3 is 0 Å². The molecule has 0 aliphatic carbocycles. The zero-order chi connectivity index (χ0) is 13.1. The minimum absolute atomic E-state index is 0.107. The number of aryl methyl sites for hydroxylation is 1. The largest absolute Gasteiger partial charge is 0.361 e. The zero-order valence-electron chi connectivity index (χ0n) is 10.1. The summed E-state index contributed by atoms with van der Waals surface area (Å²) >= 11 is 5.82. The molecular weight excluding hydrogens is 252 g/mol. The van der Waals surface area contributed by atoms with Crippen molar-refractivity contribution in [3.8, 4) is 0 Å². The summed E-state index contributed by atoms with van der Waals surface area (Å²) in [6, 6.07) is 7.25. The smallest absolute Gasteiger partial charge is 0.256 e. The summed E-state index contributed by atoms with van der Waals surface area (Å²) in [6.07, 6.45) is 1.42. The number of nitrogens with one attached hydrogen (secondary N) is 1. The van der Waals surface area contributed by atoms with Gasteiger partial charge in [0.1, 0.15) is 11.3 Å². The van der Waals surface area contributed by atoms with Crippen molar-refractivity contribution >= 4 is 17.5 Å². The van der Waals surface area contributed by atoms with Crippen molar-refractivity contribution in [2.75, 3.05) is 0 Å². The van der Waals surface area contributed by atoms with Gasteiger partial charge in [-0.3, -0.25) is 4.79 Å². The third-order valence-electron chi connectivity index (χ3n) is 2.71. The Hall–Kier alpha value is -1.81. The number of benzene rings is 1. The van der Waals surface area contributed by atoms with E-state index in [1.807, 2.05) is 19.1 Å². The maximum Gasteiger partial charge on any atom is 0.256 e. The van der Waals surface area contributed by atoms with Crippen LogP contribution in [0, 0.1) is 6.92 Å². The Labute approximate surface area is 110 Å². The molecule has 1 atom stereocenters. The van der Waals surface area contributed by atoms with Gasteiger partial charge in [0.25, 0.3) is 5.91 Å². The monoisotopic (exact) mass is 264 g/mol. The van der Waals surface area contributed by atoms with Gasteiger partial charge in [0.05, 0.1) is 12.2 Å². The number of hydrogen-bond donors (Lipinski definition) is 1. The molecule has 5 heteroatoms. The zero-order valence-corrected chi connectivity index (χ0v) is 10.9. The Morgan fingerprint density at radius 3 is 2.61 bits per heavy atom. The van der Waals surface area contributed by atoms with Crippen LogP contribution in [0.2, 0.25) is 5.02 Å². The molecule has 1 heterocycles. The molecule has 94 valence electrons. The first-order valence-corrected chi connectivity index (χ1v) is 5.93. The first-order chi connectivity index (χ1) is 8.58. The molecule has 0 fully saturated rings. The standard InChI is InChI=1S/C13H13ClN2O2/c1-8(10-3-5-11(14)6-4-10)16-13(17)12-7-15-18-9(12)2/h3-8H,1-2H3,(H,16,17)/t8-/m1/s1. The lowest BCUT2D eigenvalue weighted by molar-refractivity contribution is 0.0938. The molecule has 0 bridgehead atoms. The van der Waals surface area contributed by atoms with Crippen molar-refractivity contribution in [1.82, 2.24) is 10.5 Å². The summed E-state index contributed by atoms with van der Waals surface area (Å²) in [5.41, 5.74) is 1.44. The number of nitrogens with zero attached hydrogens (tertiary/aromatic N) is 1. The van der Waals surface area contributed by atoms with Crippen LogP contribution in [0.3, 0.4) is 0 Å². The predicted octanol–water partition coefficient (Wildman–Crippen LogP) is 3.13. The Bertz CT molecular complexity index is 548. The number of aromatic nitrogens is 1. The fourth-order valence-corrected chi connectivity index (χ4v) is 1.75. The number of carbonyl (C=O) groups is 1. The minimum atomic E-state index is -0.198. The van der Waals surface area contributed by atoms with E-state index in [2.05, 4.69) is 10.5 Å². The number of amides is 1. The van der Waals surface area contributed by atoms with Gasteiger partial charge in [-0.1, -0.05) is 28.9 Å². The molecular formula is C13H13ClN2O2. The summed E-state index contributed by atoms with van der Waals surface area (Å²) in [7, 11) is 0. The van der Waals surface area contributed by atoms with Gasteiger partial charge in [-0.25, -0.2) is 0 Å². The molecule has 1 amide bonds. The van der Waals surface area contributed by atoms with Crippen LogP contribution in [0.4, 0.5) is 0 Å². The van der Waals surface area contributed by atoms with Crippen molar-refractivity contribution in [2.45, 2.75) is 19.9 Å². The quantitative estimate of drug-likeness (QED) is 0.927. The van der Waals surface area contributed by atoms with Crippen molar-refractivity contribution in [3.05, 3.63) is 52.4 Å². The molecule has 0 unspecified atom stereocenters. The van der Waals surface area contributed by atoms with Gasteiger partial charge in [-0.15, -0.1) is 0 Å². The molecule has 18 heavy (non-hydrogen) atoms. The van der Waals surface area contributed by atoms with E-state index in [1.165, 1.54) is 6.20 Å². The Morgan fingerprint density at radius 1 is 1.39 bits per heavy atom. The van der Waals surface area contributed by atoms with Crippen molar-refractivity contribution in [1.29, 1.82) is 0 Å². The van der Waals surface area contributed by atoms with Crippen LogP contribution in [0.5, 0.6) is 0 Å². The van der Waals surface area contributed by atoms with E-state index in [-0.39, 0.29) is 11.9 Å². The third kappa shape index (κ3) is 2.71. The van der Waals surface area contributed by atoms with Crippen molar-refractivity contribution in [2.24, 2.45) is 0 Å². The van der Waals surface area contributed by atoms with Crippen LogP contribution in [-0.2, 0) is 0 Å². The normalized spacial score (nSPS) is 12.2. The Balaban J connectivity index is 2.08. The molecule has 2 aromatic rings. The fourth-order valence-electron chi connectivity index (χ4n) is 1.63. The Morgan fingerprint density at radius 2 is 2.06 bits per heavy atom. The molecule has 0 saturated carbocycles. The predicted molar refractivity (Wildman–Crippen MR) is 68.6 cm³/mol. The molecule has 0 spiro atoms. The van der Waals surface area contributed by atoms with Crippen molar-refractivity contribution < 1.29 is 9.32 Å². The fraction of sp³-hybridized carbons (Fsp3) is 0.231. The summed E-state index contributed by atoms with van der Waals surface area (Å²) in [4.78, 5) is 11.9. The van der Waals surface area contributed by atoms with Gasteiger partial charge in [0.15, 0.2) is 0 Å². The highest BCUT2D eigenvalue weighted by molar-refractivity contribution is 6.30. The van der Waals surface area contributed by atoms with Crippen LogP contribution in [0.1, 0.15) is 34.6 Å². The van der Waals surface area contributed by atoms with E-state index in [0.29, 0.717) is 16.3 Å². The SMILES string of the molecule is Cc1oncc1C(=O)N[C@H](C)c1ccc(Cl)cc1. The van der Waals surface area contributed by atoms with Crippen LogP contribution in [-0.4, -0.2) is 11.1 Å². The van der Waals surface area contributed by atoms with Crippen LogP contribution >= 0.6 is 11.6 Å². The van der Waals surface area contributed by atoms with Gasteiger partial charge in [0.2, 0.25) is 0 Å². The van der Waals surface area contributed by atoms with Gasteiger partial charge in [0, 0.05) is 5.02 Å². The molecule has 0 aliphatic rings. The molecule has 0 aliphatic heterocycles. The third-order valence-corrected chi connectivity index (χ3v) is 2.96. The minimum Gasteiger partial charge on any atom is -0.361 e. The summed E-state index contributed by atoms with van der Waals surface area (Å²) < 4.78 is 4.86. The van der Waals surface area contributed by atoms with E-state index in [1.54, 1.807) is 19.1 Å². The van der Waals surface area contributed by atoms with Gasteiger partial charge in [-0.05, 0) is 31.5 Å². The maximum atomic E-state index is 11.9. The Kier molecular flexibility index (Phi) is 3.67. The van der Waals surface area contributed by atoms with E-state index in [9.17, 15) is 4.79 Å². The topological polar surface area (TPSA) is 55.1 Å². The number of carbonyl (C=O) groups excluding carboxylic acids is 1. The molecule has 0 saturated heterocycles. The molecule has 1 aromatic heterocycles. The highest BCUT2D eigenvalue weighted by atomic mass is 35.5. The molecule has 4 nitrogen and oxygen atoms in total. The van der Waals surface area contributed by atoms with Gasteiger partial charge < -0.3 is 9.84 Å². The van der Waals surface area contributed by atoms with Gasteiger partial charge in [-0.2, -0.15) is 0 Å². The average molecular weight is 265 g/mol. The molecule has 2 rings (SSSR count). The van der Waals surface area contributed by atoms with E-state index in [0.717, 1.165) is 5.56 Å². The van der Waals surface area contributed by atoms with Crippen LogP contribution < -0.4 is 5.32 Å². The summed E-state index contributed by atoms with van der Waals surface area (Å²) in [5.74, 6) is 0.312. The van der Waals surface area contributed by atoms with E-state index < -0.39 is 0 Å². The van der Waals surface area contributed by atoms with Crippen molar-refractivity contribution in [3.63, 3.8) is 0 Å². The lowest BCUT2D eigenvalue weighted by atomic mass is 10.1. The molecule has 0 radical (unpaired) electrons. The van der Waals surface area contributed by atoms with Crippen LogP contribution in [0.25, 0.3) is 0 Å². The van der Waals surface area contributed by atoms with Crippen LogP contribution in [0.15, 0.2) is 35.0 Å². The second kappa shape index (κ2) is 5.23. The summed E-state index contributed by atoms with van der Waals surface area (Å²) in [6.45, 7) is 3.61. The highest BCUT2D eigenvalue weighted by Gasteiger charge is 2.15. The number of hydrogen-bond acceptors (Lipinski definition) is 3. The summed E-state index contributed by atoms with van der Waals surface area (Å²) in [5, 5.41) is 7.13. The van der Waals surface area contributed by atoms with E-state index >= 15 is 0 Å².